The van der Waals surface area contributed by atoms with Crippen molar-refractivity contribution in [3.63, 3.8) is 0 Å². The van der Waals surface area contributed by atoms with Crippen LogP contribution < -0.4 is 0 Å². The predicted molar refractivity (Wildman–Crippen MR) is 92.1 cm³/mol. The molecule has 0 radical (unpaired) electrons. The summed E-state index contributed by atoms with van der Waals surface area (Å²) in [5, 5.41) is 9.06. The molecule has 3 saturated carbocycles. The molecule has 2 nitrogen and oxygen atoms in total. The van der Waals surface area contributed by atoms with Gasteiger partial charge in [0, 0.05) is 23.3 Å². The number of aromatic nitrogens is 1. The number of hydrogen-bond acceptors (Lipinski definition) is 1. The summed E-state index contributed by atoms with van der Waals surface area (Å²) in [5.74, 6) is 0.635. The van der Waals surface area contributed by atoms with Crippen LogP contribution in [-0.4, -0.2) is 4.57 Å². The van der Waals surface area contributed by atoms with Gasteiger partial charge in [-0.05, 0) is 55.0 Å². The van der Waals surface area contributed by atoms with Crippen molar-refractivity contribution < 1.29 is 0 Å². The summed E-state index contributed by atoms with van der Waals surface area (Å²) in [6.07, 6.45) is 12.3. The predicted octanol–water partition coefficient (Wildman–Crippen LogP) is 5.00. The third kappa shape index (κ3) is 1.99. The van der Waals surface area contributed by atoms with Gasteiger partial charge in [-0.3, -0.25) is 0 Å². The highest BCUT2D eigenvalue weighted by molar-refractivity contribution is 5.39. The number of rotatable bonds is 2. The summed E-state index contributed by atoms with van der Waals surface area (Å²) >= 11 is 0. The maximum atomic E-state index is 9.06. The van der Waals surface area contributed by atoms with Crippen molar-refractivity contribution in [3.8, 4) is 6.07 Å². The van der Waals surface area contributed by atoms with E-state index >= 15 is 0 Å². The Kier molecular flexibility index (Phi) is 3.34. The van der Waals surface area contributed by atoms with Gasteiger partial charge in [-0.1, -0.05) is 38.3 Å². The summed E-state index contributed by atoms with van der Waals surface area (Å²) in [4.78, 5) is 0. The van der Waals surface area contributed by atoms with Gasteiger partial charge in [-0.2, -0.15) is 5.26 Å². The molecule has 23 heavy (non-hydrogen) atoms. The van der Waals surface area contributed by atoms with Gasteiger partial charge in [0.1, 0.15) is 0 Å². The SMILES string of the molecule is C[C@H]1C2(c3ccc(C#N)cc3)CCCCCC1(n1cccc1)C2. The average Bonchev–Trinajstić information content (AvgIpc) is 3.09. The van der Waals surface area contributed by atoms with Gasteiger partial charge in [-0.15, -0.1) is 0 Å². The second-order valence-electron chi connectivity index (χ2n) is 7.50. The van der Waals surface area contributed by atoms with Gasteiger partial charge in [0.25, 0.3) is 0 Å². The molecule has 118 valence electrons. The minimum absolute atomic E-state index is 0.290. The van der Waals surface area contributed by atoms with Gasteiger partial charge in [-0.25, -0.2) is 0 Å². The molecule has 3 aliphatic carbocycles. The summed E-state index contributed by atoms with van der Waals surface area (Å²) in [7, 11) is 0. The van der Waals surface area contributed by atoms with Crippen LogP contribution in [0.1, 0.15) is 56.6 Å². The van der Waals surface area contributed by atoms with E-state index in [1.54, 1.807) is 0 Å². The van der Waals surface area contributed by atoms with Crippen molar-refractivity contribution in [1.29, 1.82) is 5.26 Å². The quantitative estimate of drug-likeness (QED) is 0.767. The molecule has 0 spiro atoms. The van der Waals surface area contributed by atoms with E-state index in [4.69, 9.17) is 5.26 Å². The summed E-state index contributed by atoms with van der Waals surface area (Å²) in [6, 6.07) is 14.9. The van der Waals surface area contributed by atoms with Crippen molar-refractivity contribution in [2.75, 3.05) is 0 Å². The third-order valence-corrected chi connectivity index (χ3v) is 6.70. The Hall–Kier alpha value is -2.01. The van der Waals surface area contributed by atoms with E-state index in [1.165, 1.54) is 44.1 Å². The highest BCUT2D eigenvalue weighted by atomic mass is 15.1. The van der Waals surface area contributed by atoms with Crippen LogP contribution >= 0.6 is 0 Å². The van der Waals surface area contributed by atoms with E-state index in [9.17, 15) is 0 Å². The molecule has 3 fully saturated rings. The molecule has 1 heterocycles. The fourth-order valence-corrected chi connectivity index (χ4v) is 5.34. The van der Waals surface area contributed by atoms with Crippen LogP contribution in [0.15, 0.2) is 48.8 Å². The lowest BCUT2D eigenvalue weighted by Gasteiger charge is -2.64. The lowest BCUT2D eigenvalue weighted by Crippen LogP contribution is -2.63. The van der Waals surface area contributed by atoms with Gasteiger partial charge in [0.2, 0.25) is 0 Å². The normalized spacial score (nSPS) is 33.1. The largest absolute Gasteiger partial charge is 0.348 e. The molecule has 2 bridgehead atoms. The molecular weight excluding hydrogens is 280 g/mol. The Morgan fingerprint density at radius 3 is 2.39 bits per heavy atom. The van der Waals surface area contributed by atoms with Crippen LogP contribution in [0.5, 0.6) is 0 Å². The van der Waals surface area contributed by atoms with Crippen LogP contribution in [0.25, 0.3) is 0 Å². The number of nitriles is 1. The van der Waals surface area contributed by atoms with E-state index in [0.29, 0.717) is 11.3 Å². The van der Waals surface area contributed by atoms with Crippen molar-refractivity contribution in [2.45, 2.75) is 56.4 Å². The first-order chi connectivity index (χ1) is 11.2. The van der Waals surface area contributed by atoms with Crippen molar-refractivity contribution in [2.24, 2.45) is 5.92 Å². The summed E-state index contributed by atoms with van der Waals surface area (Å²) < 4.78 is 2.48. The lowest BCUT2D eigenvalue weighted by atomic mass is 9.44. The molecule has 0 amide bonds. The minimum Gasteiger partial charge on any atom is -0.348 e. The van der Waals surface area contributed by atoms with Crippen LogP contribution in [0.4, 0.5) is 0 Å². The summed E-state index contributed by atoms with van der Waals surface area (Å²) in [6.45, 7) is 2.45. The van der Waals surface area contributed by atoms with E-state index < -0.39 is 0 Å². The van der Waals surface area contributed by atoms with Gasteiger partial charge < -0.3 is 4.57 Å². The topological polar surface area (TPSA) is 28.7 Å². The molecule has 1 aromatic heterocycles. The molecular formula is C21H24N2. The molecule has 0 aliphatic heterocycles. The van der Waals surface area contributed by atoms with Gasteiger partial charge in [0.05, 0.1) is 11.6 Å². The number of benzene rings is 1. The maximum absolute atomic E-state index is 9.06. The van der Waals surface area contributed by atoms with E-state index in [0.717, 1.165) is 5.56 Å². The molecule has 0 N–H and O–H groups in total. The number of hydrogen-bond donors (Lipinski definition) is 0. The number of fused-ring (bicyclic) bond motifs is 4. The first-order valence-corrected chi connectivity index (χ1v) is 8.85. The molecule has 5 rings (SSSR count). The monoisotopic (exact) mass is 304 g/mol. The van der Waals surface area contributed by atoms with Crippen molar-refractivity contribution >= 4 is 0 Å². The standard InChI is InChI=1S/C21H24N2/c1-17-20(19-9-7-18(15-22)8-10-19)11-3-2-4-12-21(17,16-20)23-13-5-6-14-23/h5-10,13-14,17H,2-4,11-12,16H2,1H3/t17-,20?,21?/m0/s1. The molecule has 3 atom stereocenters. The highest BCUT2D eigenvalue weighted by Gasteiger charge is 2.61. The van der Waals surface area contributed by atoms with Crippen LogP contribution in [-0.2, 0) is 11.0 Å². The fraction of sp³-hybridized carbons (Fsp3) is 0.476. The van der Waals surface area contributed by atoms with Crippen LogP contribution in [0.3, 0.4) is 0 Å². The zero-order valence-corrected chi connectivity index (χ0v) is 13.8. The van der Waals surface area contributed by atoms with Crippen molar-refractivity contribution in [1.82, 2.24) is 4.57 Å². The summed E-state index contributed by atoms with van der Waals surface area (Å²) in [5.41, 5.74) is 2.78. The fourth-order valence-electron chi connectivity index (χ4n) is 5.34. The molecule has 2 heteroatoms. The smallest absolute Gasteiger partial charge is 0.0991 e. The zero-order chi connectivity index (χ0) is 15.9. The Balaban J connectivity index is 1.74. The molecule has 3 aliphatic rings. The van der Waals surface area contributed by atoms with E-state index in [2.05, 4.69) is 54.2 Å². The lowest BCUT2D eigenvalue weighted by molar-refractivity contribution is -0.0711. The molecule has 1 aromatic carbocycles. The minimum atomic E-state index is 0.290. The average molecular weight is 304 g/mol. The zero-order valence-electron chi connectivity index (χ0n) is 13.8. The van der Waals surface area contributed by atoms with Gasteiger partial charge >= 0.3 is 0 Å². The first-order valence-electron chi connectivity index (χ1n) is 8.85. The first kappa shape index (κ1) is 14.6. The van der Waals surface area contributed by atoms with Crippen LogP contribution in [0, 0.1) is 17.2 Å². The Bertz CT molecular complexity index is 722. The Labute approximate surface area is 138 Å². The number of nitrogens with zero attached hydrogens (tertiary/aromatic N) is 2. The Morgan fingerprint density at radius 2 is 1.74 bits per heavy atom. The third-order valence-electron chi connectivity index (χ3n) is 6.70. The molecule has 2 aromatic rings. The van der Waals surface area contributed by atoms with E-state index in [1.807, 2.05) is 12.1 Å². The molecule has 0 saturated heterocycles. The highest BCUT2D eigenvalue weighted by Crippen LogP contribution is 2.64. The second-order valence-corrected chi connectivity index (χ2v) is 7.50. The van der Waals surface area contributed by atoms with Gasteiger partial charge in [0.15, 0.2) is 0 Å². The van der Waals surface area contributed by atoms with Crippen molar-refractivity contribution in [3.05, 3.63) is 59.9 Å². The Morgan fingerprint density at radius 1 is 1.04 bits per heavy atom. The van der Waals surface area contributed by atoms with E-state index in [-0.39, 0.29) is 5.54 Å². The second kappa shape index (κ2) is 5.27. The van der Waals surface area contributed by atoms with Crippen LogP contribution in [0.2, 0.25) is 0 Å². The molecule has 2 unspecified atom stereocenters. The maximum Gasteiger partial charge on any atom is 0.0991 e.